The zero-order valence-electron chi connectivity index (χ0n) is 30.7. The summed E-state index contributed by atoms with van der Waals surface area (Å²) in [6.07, 6.45) is 3.83. The van der Waals surface area contributed by atoms with Crippen molar-refractivity contribution in [2.45, 2.75) is 39.5 Å². The van der Waals surface area contributed by atoms with Crippen molar-refractivity contribution in [3.63, 3.8) is 0 Å². The van der Waals surface area contributed by atoms with E-state index in [1.54, 1.807) is 12.1 Å². The van der Waals surface area contributed by atoms with Crippen LogP contribution in [0.5, 0.6) is 5.75 Å². The predicted octanol–water partition coefficient (Wildman–Crippen LogP) is 3.57. The fraction of sp³-hybridized carbons (Fsp3) is 0.806. The molecule has 0 amide bonds. The standard InChI is InChI=1S/C36H65NO13/c1-3-5-6-33(4-2)36(38)50-32-30-48-28-26-46-24-22-44-20-18-42-16-14-40-12-11-39-13-15-41-17-19-43-21-23-45-25-27-47-29-31-49-35-9-7-34(37)8-10-35/h7-10,33H,3-6,11-32,37H2,1-2H3. The Bertz CT molecular complexity index is 850. The van der Waals surface area contributed by atoms with E-state index in [-0.39, 0.29) is 18.5 Å². The number of unbranched alkanes of at least 4 members (excludes halogenated alkanes) is 1. The highest BCUT2D eigenvalue weighted by molar-refractivity contribution is 5.72. The summed E-state index contributed by atoms with van der Waals surface area (Å²) in [4.78, 5) is 12.0. The number of nitrogen functional groups attached to an aromatic ring is 1. The first-order valence-corrected chi connectivity index (χ1v) is 18.1. The van der Waals surface area contributed by atoms with Crippen LogP contribution in [0.4, 0.5) is 5.69 Å². The van der Waals surface area contributed by atoms with Gasteiger partial charge in [0.05, 0.1) is 138 Å². The second-order valence-electron chi connectivity index (χ2n) is 11.0. The molecular weight excluding hydrogens is 654 g/mol. The Balaban J connectivity index is 1.66. The zero-order chi connectivity index (χ0) is 36.0. The third kappa shape index (κ3) is 30.7. The van der Waals surface area contributed by atoms with Crippen molar-refractivity contribution in [2.24, 2.45) is 5.92 Å². The van der Waals surface area contributed by atoms with Gasteiger partial charge in [0.2, 0.25) is 0 Å². The van der Waals surface area contributed by atoms with Gasteiger partial charge in [-0.25, -0.2) is 0 Å². The van der Waals surface area contributed by atoms with Crippen molar-refractivity contribution in [3.8, 4) is 5.75 Å². The van der Waals surface area contributed by atoms with E-state index >= 15 is 0 Å². The van der Waals surface area contributed by atoms with Gasteiger partial charge in [-0.1, -0.05) is 26.7 Å². The molecule has 1 rings (SSSR count). The fourth-order valence-electron chi connectivity index (χ4n) is 4.12. The number of rotatable bonds is 39. The molecule has 2 N–H and O–H groups in total. The van der Waals surface area contributed by atoms with E-state index in [1.807, 2.05) is 19.1 Å². The van der Waals surface area contributed by atoms with Gasteiger partial charge in [0.1, 0.15) is 19.0 Å². The van der Waals surface area contributed by atoms with Gasteiger partial charge in [0.15, 0.2) is 0 Å². The number of benzene rings is 1. The monoisotopic (exact) mass is 719 g/mol. The molecular formula is C36H65NO13. The molecule has 1 atom stereocenters. The van der Waals surface area contributed by atoms with Crippen molar-refractivity contribution in [1.29, 1.82) is 0 Å². The first kappa shape index (κ1) is 45.9. The van der Waals surface area contributed by atoms with Crippen LogP contribution in [0.1, 0.15) is 39.5 Å². The molecule has 0 spiro atoms. The Morgan fingerprint density at radius 2 is 0.820 bits per heavy atom. The number of esters is 1. The molecule has 0 aliphatic heterocycles. The Morgan fingerprint density at radius 3 is 1.14 bits per heavy atom. The summed E-state index contributed by atoms with van der Waals surface area (Å²) in [7, 11) is 0. The van der Waals surface area contributed by atoms with E-state index in [0.717, 1.165) is 31.4 Å². The maximum absolute atomic E-state index is 12.0. The highest BCUT2D eigenvalue weighted by Gasteiger charge is 2.16. The molecule has 0 fully saturated rings. The fourth-order valence-corrected chi connectivity index (χ4v) is 4.12. The first-order chi connectivity index (χ1) is 24.7. The lowest BCUT2D eigenvalue weighted by molar-refractivity contribution is -0.150. The van der Waals surface area contributed by atoms with E-state index in [1.165, 1.54) is 0 Å². The molecule has 0 radical (unpaired) electrons. The molecule has 14 heteroatoms. The third-order valence-electron chi connectivity index (χ3n) is 6.93. The lowest BCUT2D eigenvalue weighted by Gasteiger charge is -2.13. The van der Waals surface area contributed by atoms with E-state index in [2.05, 4.69) is 6.92 Å². The van der Waals surface area contributed by atoms with Crippen LogP contribution in [0, 0.1) is 5.92 Å². The van der Waals surface area contributed by atoms with Gasteiger partial charge >= 0.3 is 5.97 Å². The lowest BCUT2D eigenvalue weighted by Crippen LogP contribution is -2.20. The summed E-state index contributed by atoms with van der Waals surface area (Å²) in [5.41, 5.74) is 6.35. The Labute approximate surface area is 299 Å². The number of hydrogen-bond acceptors (Lipinski definition) is 14. The first-order valence-electron chi connectivity index (χ1n) is 18.1. The summed E-state index contributed by atoms with van der Waals surface area (Å²) < 4.78 is 65.6. The molecule has 0 saturated carbocycles. The molecule has 14 nitrogen and oxygen atoms in total. The van der Waals surface area contributed by atoms with Gasteiger partial charge < -0.3 is 62.6 Å². The predicted molar refractivity (Wildman–Crippen MR) is 189 cm³/mol. The number of carbonyl (C=O) groups is 1. The highest BCUT2D eigenvalue weighted by atomic mass is 16.6. The average Bonchev–Trinajstić information content (AvgIpc) is 3.12. The van der Waals surface area contributed by atoms with E-state index < -0.39 is 0 Å². The van der Waals surface area contributed by atoms with Gasteiger partial charge in [-0.2, -0.15) is 0 Å². The number of nitrogens with two attached hydrogens (primary N) is 1. The van der Waals surface area contributed by atoms with E-state index in [4.69, 9.17) is 62.6 Å². The minimum absolute atomic E-state index is 0.00551. The summed E-state index contributed by atoms with van der Waals surface area (Å²) in [6.45, 7) is 14.6. The smallest absolute Gasteiger partial charge is 0.308 e. The highest BCUT2D eigenvalue weighted by Crippen LogP contribution is 2.14. The topological polar surface area (TPSA) is 154 Å². The SMILES string of the molecule is CCCCC(CC)C(=O)OCCOCCOCCOCCOCCOCCOCCOCCOCCOCCOCCOc1ccc(N)cc1. The maximum atomic E-state index is 12.0. The van der Waals surface area contributed by atoms with Crippen molar-refractivity contribution < 1.29 is 61.6 Å². The molecule has 0 aromatic heterocycles. The molecule has 0 saturated heterocycles. The van der Waals surface area contributed by atoms with Crippen molar-refractivity contribution >= 4 is 11.7 Å². The number of ether oxygens (including phenoxy) is 12. The van der Waals surface area contributed by atoms with Gasteiger partial charge in [0, 0.05) is 5.69 Å². The Kier molecular flexibility index (Phi) is 33.7. The molecule has 1 aromatic rings. The van der Waals surface area contributed by atoms with Crippen molar-refractivity contribution in [1.82, 2.24) is 0 Å². The minimum Gasteiger partial charge on any atom is -0.491 e. The second kappa shape index (κ2) is 36.7. The van der Waals surface area contributed by atoms with Crippen LogP contribution in [0.15, 0.2) is 24.3 Å². The molecule has 50 heavy (non-hydrogen) atoms. The van der Waals surface area contributed by atoms with Crippen LogP contribution in [-0.2, 0) is 56.9 Å². The van der Waals surface area contributed by atoms with Crippen LogP contribution in [0.2, 0.25) is 0 Å². The number of anilines is 1. The van der Waals surface area contributed by atoms with Crippen LogP contribution >= 0.6 is 0 Å². The lowest BCUT2D eigenvalue weighted by atomic mass is 10.00. The van der Waals surface area contributed by atoms with Crippen molar-refractivity contribution in [2.75, 3.05) is 151 Å². The summed E-state index contributed by atoms with van der Waals surface area (Å²) >= 11 is 0. The van der Waals surface area contributed by atoms with E-state index in [0.29, 0.717) is 144 Å². The van der Waals surface area contributed by atoms with Gasteiger partial charge in [-0.3, -0.25) is 4.79 Å². The Hall–Kier alpha value is -2.11. The molecule has 0 heterocycles. The van der Waals surface area contributed by atoms with Gasteiger partial charge in [-0.05, 0) is 37.1 Å². The molecule has 292 valence electrons. The molecule has 0 aliphatic carbocycles. The van der Waals surface area contributed by atoms with Crippen molar-refractivity contribution in [3.05, 3.63) is 24.3 Å². The largest absolute Gasteiger partial charge is 0.491 e. The van der Waals surface area contributed by atoms with Crippen LogP contribution in [-0.4, -0.2) is 151 Å². The van der Waals surface area contributed by atoms with Crippen LogP contribution < -0.4 is 10.5 Å². The number of carbonyl (C=O) groups excluding carboxylic acids is 1. The average molecular weight is 720 g/mol. The van der Waals surface area contributed by atoms with Gasteiger partial charge in [-0.15, -0.1) is 0 Å². The molecule has 1 aromatic carbocycles. The minimum atomic E-state index is -0.122. The second-order valence-corrected chi connectivity index (χ2v) is 11.0. The normalized spacial score (nSPS) is 12.0. The Morgan fingerprint density at radius 1 is 0.500 bits per heavy atom. The molecule has 1 unspecified atom stereocenters. The zero-order valence-corrected chi connectivity index (χ0v) is 30.7. The maximum Gasteiger partial charge on any atom is 0.308 e. The summed E-state index contributed by atoms with van der Waals surface area (Å²) in [5.74, 6) is 0.642. The van der Waals surface area contributed by atoms with E-state index in [9.17, 15) is 4.79 Å². The van der Waals surface area contributed by atoms with Crippen LogP contribution in [0.3, 0.4) is 0 Å². The molecule has 0 aliphatic rings. The quantitative estimate of drug-likeness (QED) is 0.0599. The van der Waals surface area contributed by atoms with Gasteiger partial charge in [0.25, 0.3) is 0 Å². The third-order valence-corrected chi connectivity index (χ3v) is 6.93. The summed E-state index contributed by atoms with van der Waals surface area (Å²) in [6, 6.07) is 7.26. The number of hydrogen-bond donors (Lipinski definition) is 1. The van der Waals surface area contributed by atoms with Crippen LogP contribution in [0.25, 0.3) is 0 Å². The summed E-state index contributed by atoms with van der Waals surface area (Å²) in [5, 5.41) is 0. The molecule has 0 bridgehead atoms.